The third kappa shape index (κ3) is 9.04. The van der Waals surface area contributed by atoms with E-state index in [9.17, 15) is 10.7 Å². The van der Waals surface area contributed by atoms with Gasteiger partial charge in [-0.1, -0.05) is 167 Å². The van der Waals surface area contributed by atoms with E-state index in [1.807, 2.05) is 158 Å². The Morgan fingerprint density at radius 3 is 1.51 bits per heavy atom. The third-order valence-electron chi connectivity index (χ3n) is 12.8. The lowest BCUT2D eigenvalue weighted by atomic mass is 9.77. The Hall–Kier alpha value is -7.94. The summed E-state index contributed by atoms with van der Waals surface area (Å²) in [5.74, 6) is 0. The lowest BCUT2D eigenvalue weighted by Gasteiger charge is -2.28. The van der Waals surface area contributed by atoms with Crippen molar-refractivity contribution in [2.24, 2.45) is 0 Å². The van der Waals surface area contributed by atoms with Crippen LogP contribution >= 0.6 is 0 Å². The predicted octanol–water partition coefficient (Wildman–Crippen LogP) is 15.1. The molecule has 0 aliphatic rings. The Balaban J connectivity index is 0.993. The van der Waals surface area contributed by atoms with E-state index in [0.717, 1.165) is 66.7 Å². The summed E-state index contributed by atoms with van der Waals surface area (Å²) in [4.78, 5) is 14.5. The van der Waals surface area contributed by atoms with Gasteiger partial charge in [-0.05, 0) is 112 Å². The van der Waals surface area contributed by atoms with Gasteiger partial charge in [-0.2, -0.15) is 5.26 Å². The standard InChI is InChI=1S/C62H52N4O/c1-61(2,50-27-31-55(65-40-50)46-15-8-5-9-16-46)36-44-33-43(34-45(35-44)37-62(3,4)51-28-32-56(66-41-51)47-17-10-6-11-18-47)24-23-42-25-30-57(64-39-42)54-22-14-21-52-53-29-26-49(38-63)58(60(53)67-59(52)54)48-19-12-7-13-20-48/h5-22,25-35,39-41H,23-24,36-37H2,1-4H3/i23D2,24D2. The van der Waals surface area contributed by atoms with E-state index in [0.29, 0.717) is 40.8 Å². The number of hydrogen-bond acceptors (Lipinski definition) is 5. The number of nitriles is 1. The number of benzene rings is 6. The summed E-state index contributed by atoms with van der Waals surface area (Å²) in [5.41, 5.74) is 11.8. The van der Waals surface area contributed by atoms with Crippen LogP contribution in [0, 0.1) is 11.3 Å². The van der Waals surface area contributed by atoms with Gasteiger partial charge in [0.05, 0.1) is 28.7 Å². The van der Waals surface area contributed by atoms with E-state index >= 15 is 0 Å². The van der Waals surface area contributed by atoms with Gasteiger partial charge in [0.1, 0.15) is 11.2 Å². The van der Waals surface area contributed by atoms with E-state index < -0.39 is 23.6 Å². The molecule has 0 bridgehead atoms. The highest BCUT2D eigenvalue weighted by Crippen LogP contribution is 2.41. The fourth-order valence-corrected chi connectivity index (χ4v) is 9.23. The maximum absolute atomic E-state index is 10.1. The monoisotopic (exact) mass is 872 g/mol. The van der Waals surface area contributed by atoms with E-state index in [1.165, 1.54) is 6.20 Å². The summed E-state index contributed by atoms with van der Waals surface area (Å²) in [7, 11) is 0. The van der Waals surface area contributed by atoms with Crippen molar-refractivity contribution in [2.45, 2.75) is 64.1 Å². The molecule has 0 aliphatic heterocycles. The summed E-state index contributed by atoms with van der Waals surface area (Å²) < 4.78 is 45.2. The van der Waals surface area contributed by atoms with Gasteiger partial charge < -0.3 is 4.42 Å². The van der Waals surface area contributed by atoms with Crippen LogP contribution in [0.4, 0.5) is 0 Å². The van der Waals surface area contributed by atoms with Crippen LogP contribution < -0.4 is 0 Å². The molecule has 0 fully saturated rings. The van der Waals surface area contributed by atoms with Crippen molar-refractivity contribution in [3.8, 4) is 51.0 Å². The summed E-state index contributed by atoms with van der Waals surface area (Å²) >= 11 is 0. The number of furan rings is 1. The number of pyridine rings is 3. The number of fused-ring (bicyclic) bond motifs is 3. The minimum absolute atomic E-state index is 0.106. The highest BCUT2D eigenvalue weighted by molar-refractivity contribution is 6.13. The molecule has 67 heavy (non-hydrogen) atoms. The van der Waals surface area contributed by atoms with E-state index in [4.69, 9.17) is 19.4 Å². The van der Waals surface area contributed by atoms with Crippen LogP contribution in [-0.2, 0) is 36.4 Å². The molecule has 0 radical (unpaired) electrons. The minimum Gasteiger partial charge on any atom is -0.455 e. The van der Waals surface area contributed by atoms with Gasteiger partial charge in [0, 0.05) is 57.1 Å². The summed E-state index contributed by atoms with van der Waals surface area (Å²) in [6.07, 6.45) is 1.42. The molecule has 6 aromatic carbocycles. The first kappa shape index (κ1) is 38.3. The minimum atomic E-state index is -2.50. The van der Waals surface area contributed by atoms with Crippen molar-refractivity contribution in [2.75, 3.05) is 0 Å². The number of aromatic nitrogens is 3. The average molecular weight is 873 g/mol. The fraction of sp³-hybridized carbons (Fsp3) is 0.161. The summed E-state index contributed by atoms with van der Waals surface area (Å²) in [5, 5.41) is 11.8. The van der Waals surface area contributed by atoms with E-state index in [1.54, 1.807) is 12.1 Å². The first-order chi connectivity index (χ1) is 34.1. The molecule has 4 aromatic heterocycles. The number of hydrogen-bond donors (Lipinski definition) is 0. The molecular weight excluding hydrogens is 817 g/mol. The summed E-state index contributed by atoms with van der Waals surface area (Å²) in [6, 6.07) is 59.3. The zero-order chi connectivity index (χ0) is 49.5. The van der Waals surface area contributed by atoms with Crippen molar-refractivity contribution in [1.82, 2.24) is 15.0 Å². The molecule has 4 heterocycles. The molecule has 0 atom stereocenters. The Labute approximate surface area is 399 Å². The van der Waals surface area contributed by atoms with Gasteiger partial charge in [-0.25, -0.2) is 0 Å². The van der Waals surface area contributed by atoms with Crippen LogP contribution in [0.1, 0.15) is 72.1 Å². The second-order valence-corrected chi connectivity index (χ2v) is 18.6. The van der Waals surface area contributed by atoms with Gasteiger partial charge in [-0.15, -0.1) is 0 Å². The predicted molar refractivity (Wildman–Crippen MR) is 274 cm³/mol. The molecule has 10 rings (SSSR count). The van der Waals surface area contributed by atoms with Crippen LogP contribution in [0.5, 0.6) is 0 Å². The molecule has 0 saturated heterocycles. The van der Waals surface area contributed by atoms with Gasteiger partial charge in [0.2, 0.25) is 0 Å². The molecule has 0 unspecified atom stereocenters. The number of aryl methyl sites for hydroxylation is 2. The molecule has 0 N–H and O–H groups in total. The molecule has 0 aliphatic carbocycles. The zero-order valence-corrected chi connectivity index (χ0v) is 38.1. The second-order valence-electron chi connectivity index (χ2n) is 18.6. The van der Waals surface area contributed by atoms with Crippen LogP contribution in [0.25, 0.3) is 66.8 Å². The topological polar surface area (TPSA) is 75.6 Å². The van der Waals surface area contributed by atoms with Crippen molar-refractivity contribution in [1.29, 1.82) is 5.26 Å². The van der Waals surface area contributed by atoms with Crippen LogP contribution in [0.2, 0.25) is 0 Å². The van der Waals surface area contributed by atoms with E-state index in [2.05, 4.69) is 52.0 Å². The lowest BCUT2D eigenvalue weighted by Crippen LogP contribution is -2.23. The van der Waals surface area contributed by atoms with Gasteiger partial charge >= 0.3 is 0 Å². The molecule has 326 valence electrons. The Morgan fingerprint density at radius 1 is 0.478 bits per heavy atom. The largest absolute Gasteiger partial charge is 0.455 e. The highest BCUT2D eigenvalue weighted by Gasteiger charge is 2.26. The van der Waals surface area contributed by atoms with Crippen LogP contribution in [-0.4, -0.2) is 15.0 Å². The number of para-hydroxylation sites is 1. The molecule has 0 amide bonds. The Bertz CT molecular complexity index is 3450. The van der Waals surface area contributed by atoms with Gasteiger partial charge in [-0.3, -0.25) is 15.0 Å². The zero-order valence-electron chi connectivity index (χ0n) is 42.1. The second kappa shape index (κ2) is 18.1. The van der Waals surface area contributed by atoms with Gasteiger partial charge in [0.25, 0.3) is 0 Å². The highest BCUT2D eigenvalue weighted by atomic mass is 16.3. The third-order valence-corrected chi connectivity index (χ3v) is 12.8. The van der Waals surface area contributed by atoms with Crippen molar-refractivity contribution in [3.63, 3.8) is 0 Å². The van der Waals surface area contributed by atoms with E-state index in [-0.39, 0.29) is 11.1 Å². The molecule has 5 nitrogen and oxygen atoms in total. The SMILES string of the molecule is [2H]C([2H])(c1ccc(-c2cccc3c2oc2c(-c4ccccc4)c(C#N)ccc23)nc1)C([2H])([2H])c1cc(CC(C)(C)c2ccc(-c3ccccc3)nc2)cc(CC(C)(C)c2ccc(-c3ccccc3)nc2)c1. The van der Waals surface area contributed by atoms with Crippen LogP contribution in [0.15, 0.2) is 199 Å². The van der Waals surface area contributed by atoms with Crippen molar-refractivity contribution in [3.05, 3.63) is 233 Å². The lowest BCUT2D eigenvalue weighted by molar-refractivity contribution is 0.512. The fourth-order valence-electron chi connectivity index (χ4n) is 9.23. The molecule has 0 spiro atoms. The number of nitrogens with zero attached hydrogens (tertiary/aromatic N) is 4. The van der Waals surface area contributed by atoms with Crippen molar-refractivity contribution >= 4 is 21.9 Å². The summed E-state index contributed by atoms with van der Waals surface area (Å²) in [6.45, 7) is 8.67. The first-order valence-electron chi connectivity index (χ1n) is 24.7. The Kier molecular flexibility index (Phi) is 10.4. The molecule has 10 aromatic rings. The first-order valence-corrected chi connectivity index (χ1v) is 22.7. The smallest absolute Gasteiger partial charge is 0.144 e. The van der Waals surface area contributed by atoms with Gasteiger partial charge in [0.15, 0.2) is 0 Å². The average Bonchev–Trinajstić information content (AvgIpc) is 3.78. The number of rotatable bonds is 13. The molecular formula is C62H52N4O. The molecule has 0 saturated carbocycles. The van der Waals surface area contributed by atoms with Crippen LogP contribution in [0.3, 0.4) is 0 Å². The van der Waals surface area contributed by atoms with Crippen molar-refractivity contribution < 1.29 is 9.90 Å². The molecule has 5 heteroatoms. The normalized spacial score (nSPS) is 13.1. The Morgan fingerprint density at radius 2 is 0.985 bits per heavy atom. The quantitative estimate of drug-likeness (QED) is 0.115. The maximum Gasteiger partial charge on any atom is 0.144 e. The maximum atomic E-state index is 10.1.